The van der Waals surface area contributed by atoms with Gasteiger partial charge in [0, 0.05) is 31.6 Å². The number of fused-ring (bicyclic) bond motifs is 1. The molecule has 4 rings (SSSR count). The average Bonchev–Trinajstić information content (AvgIpc) is 3.22. The number of carbonyl (C=O) groups is 1. The highest BCUT2D eigenvalue weighted by molar-refractivity contribution is 5.78. The molecule has 1 aromatic heterocycles. The van der Waals surface area contributed by atoms with Crippen LogP contribution in [-0.2, 0) is 4.79 Å². The molecule has 0 aliphatic carbocycles. The molecule has 7 nitrogen and oxygen atoms in total. The zero-order chi connectivity index (χ0) is 20.2. The molecular weight excluding hydrogens is 368 g/mol. The first-order chi connectivity index (χ1) is 14.1. The highest BCUT2D eigenvalue weighted by atomic mass is 16.4. The lowest BCUT2D eigenvalue weighted by Gasteiger charge is -2.41. The van der Waals surface area contributed by atoms with E-state index in [-0.39, 0.29) is 11.8 Å². The molecule has 0 saturated carbocycles. The molecule has 3 heterocycles. The molecule has 2 aromatic rings. The van der Waals surface area contributed by atoms with Crippen molar-refractivity contribution in [3.05, 3.63) is 24.3 Å². The van der Waals surface area contributed by atoms with Crippen LogP contribution >= 0.6 is 0 Å². The Balaban J connectivity index is 1.23. The van der Waals surface area contributed by atoms with E-state index < -0.39 is 6.10 Å². The Kier molecular flexibility index (Phi) is 6.35. The minimum atomic E-state index is -0.439. The number of benzene rings is 1. The molecule has 0 unspecified atom stereocenters. The van der Waals surface area contributed by atoms with Crippen LogP contribution in [-0.4, -0.2) is 65.8 Å². The minimum Gasteiger partial charge on any atom is -0.423 e. The van der Waals surface area contributed by atoms with Crippen molar-refractivity contribution in [3.63, 3.8) is 0 Å². The van der Waals surface area contributed by atoms with Gasteiger partial charge in [-0.2, -0.15) is 4.98 Å². The Bertz CT molecular complexity index is 774. The number of para-hydroxylation sites is 2. The number of rotatable bonds is 6. The van der Waals surface area contributed by atoms with Gasteiger partial charge >= 0.3 is 0 Å². The molecule has 0 radical (unpaired) electrons. The van der Waals surface area contributed by atoms with Gasteiger partial charge in [0.1, 0.15) is 5.52 Å². The van der Waals surface area contributed by atoms with Crippen molar-refractivity contribution < 1.29 is 14.3 Å². The molecule has 158 valence electrons. The molecule has 1 aromatic carbocycles. The zero-order valence-corrected chi connectivity index (χ0v) is 17.2. The Labute approximate surface area is 172 Å². The molecule has 29 heavy (non-hydrogen) atoms. The fraction of sp³-hybridized carbons (Fsp3) is 0.636. The van der Waals surface area contributed by atoms with E-state index >= 15 is 0 Å². The lowest BCUT2D eigenvalue weighted by atomic mass is 9.93. The number of likely N-dealkylation sites (tertiary alicyclic amines) is 1. The van der Waals surface area contributed by atoms with Crippen LogP contribution in [0.2, 0.25) is 0 Å². The second kappa shape index (κ2) is 9.13. The van der Waals surface area contributed by atoms with E-state index in [0.717, 1.165) is 69.0 Å². The van der Waals surface area contributed by atoms with E-state index in [1.54, 1.807) is 0 Å². The summed E-state index contributed by atoms with van der Waals surface area (Å²) < 4.78 is 5.92. The molecular formula is C22H32N4O3. The number of piperidine rings is 2. The van der Waals surface area contributed by atoms with Crippen molar-refractivity contribution in [2.24, 2.45) is 5.92 Å². The van der Waals surface area contributed by atoms with Crippen LogP contribution < -0.4 is 10.2 Å². The van der Waals surface area contributed by atoms with Crippen LogP contribution in [0.15, 0.2) is 28.7 Å². The number of amides is 1. The van der Waals surface area contributed by atoms with E-state index in [4.69, 9.17) is 4.42 Å². The molecule has 0 spiro atoms. The first-order valence-electron chi connectivity index (χ1n) is 10.9. The Morgan fingerprint density at radius 1 is 1.21 bits per heavy atom. The highest BCUT2D eigenvalue weighted by Gasteiger charge is 2.31. The minimum absolute atomic E-state index is 0.0788. The third-order valence-corrected chi connectivity index (χ3v) is 6.42. The van der Waals surface area contributed by atoms with E-state index in [9.17, 15) is 9.90 Å². The summed E-state index contributed by atoms with van der Waals surface area (Å²) >= 11 is 0. The summed E-state index contributed by atoms with van der Waals surface area (Å²) in [5.74, 6) is 0.179. The monoisotopic (exact) mass is 400 g/mol. The average molecular weight is 401 g/mol. The maximum atomic E-state index is 12.3. The number of nitrogens with zero attached hydrogens (tertiary/aromatic N) is 3. The van der Waals surface area contributed by atoms with Gasteiger partial charge in [0.05, 0.1) is 6.10 Å². The number of aromatic nitrogens is 1. The number of hydrogen-bond acceptors (Lipinski definition) is 6. The van der Waals surface area contributed by atoms with E-state index in [1.807, 2.05) is 31.2 Å². The van der Waals surface area contributed by atoms with Crippen molar-refractivity contribution in [2.75, 3.05) is 37.6 Å². The van der Waals surface area contributed by atoms with Gasteiger partial charge in [0.15, 0.2) is 5.58 Å². The maximum Gasteiger partial charge on any atom is 0.298 e. The normalized spacial score (nSPS) is 20.8. The summed E-state index contributed by atoms with van der Waals surface area (Å²) in [6.45, 7) is 6.14. The predicted octanol–water partition coefficient (Wildman–Crippen LogP) is 2.40. The van der Waals surface area contributed by atoms with Gasteiger partial charge in [-0.25, -0.2) is 0 Å². The second-order valence-corrected chi connectivity index (χ2v) is 8.30. The van der Waals surface area contributed by atoms with Gasteiger partial charge in [0.2, 0.25) is 5.91 Å². The number of aliphatic hydroxyl groups is 1. The topological polar surface area (TPSA) is 81.8 Å². The van der Waals surface area contributed by atoms with Crippen molar-refractivity contribution in [2.45, 2.75) is 51.2 Å². The number of carbonyl (C=O) groups excluding carboxylic acids is 1. The molecule has 7 heteroatoms. The number of anilines is 1. The largest absolute Gasteiger partial charge is 0.423 e. The lowest BCUT2D eigenvalue weighted by Crippen LogP contribution is -2.49. The summed E-state index contributed by atoms with van der Waals surface area (Å²) in [5, 5.41) is 12.5. The third kappa shape index (κ3) is 4.73. The zero-order valence-electron chi connectivity index (χ0n) is 17.2. The number of oxazole rings is 1. The van der Waals surface area contributed by atoms with Crippen LogP contribution in [0.4, 0.5) is 6.01 Å². The van der Waals surface area contributed by atoms with Crippen LogP contribution in [0.1, 0.15) is 39.0 Å². The van der Waals surface area contributed by atoms with Gasteiger partial charge in [0.25, 0.3) is 6.01 Å². The van der Waals surface area contributed by atoms with Gasteiger partial charge in [-0.3, -0.25) is 4.79 Å². The van der Waals surface area contributed by atoms with Crippen molar-refractivity contribution >= 4 is 23.0 Å². The summed E-state index contributed by atoms with van der Waals surface area (Å²) in [6.07, 6.45) is 4.22. The van der Waals surface area contributed by atoms with Crippen molar-refractivity contribution in [1.29, 1.82) is 0 Å². The van der Waals surface area contributed by atoms with E-state index in [1.165, 1.54) is 0 Å². The first-order valence-corrected chi connectivity index (χ1v) is 10.9. The molecule has 1 atom stereocenters. The van der Waals surface area contributed by atoms with Crippen LogP contribution in [0.25, 0.3) is 11.1 Å². The van der Waals surface area contributed by atoms with Crippen LogP contribution in [0, 0.1) is 5.92 Å². The van der Waals surface area contributed by atoms with Gasteiger partial charge < -0.3 is 24.6 Å². The molecule has 2 aliphatic heterocycles. The Morgan fingerprint density at radius 3 is 2.62 bits per heavy atom. The molecule has 2 aliphatic rings. The van der Waals surface area contributed by atoms with Crippen LogP contribution in [0.5, 0.6) is 0 Å². The summed E-state index contributed by atoms with van der Waals surface area (Å²) in [7, 11) is 0. The second-order valence-electron chi connectivity index (χ2n) is 8.30. The number of hydrogen-bond donors (Lipinski definition) is 2. The smallest absolute Gasteiger partial charge is 0.298 e. The number of aliphatic hydroxyl groups excluding tert-OH is 1. The predicted molar refractivity (Wildman–Crippen MR) is 113 cm³/mol. The van der Waals surface area contributed by atoms with Gasteiger partial charge in [-0.1, -0.05) is 19.1 Å². The SMILES string of the molecule is CC[C@@H](O)CNC(=O)C1CCN(C2CCN(c3nc4ccccc4o3)CC2)CC1. The fourth-order valence-electron chi connectivity index (χ4n) is 4.45. The highest BCUT2D eigenvalue weighted by Crippen LogP contribution is 2.28. The molecule has 2 fully saturated rings. The first kappa shape index (κ1) is 20.2. The molecule has 0 bridgehead atoms. The third-order valence-electron chi connectivity index (χ3n) is 6.42. The number of nitrogens with one attached hydrogen (secondary N) is 1. The quantitative estimate of drug-likeness (QED) is 0.775. The van der Waals surface area contributed by atoms with Gasteiger partial charge in [-0.05, 0) is 57.3 Å². The fourth-order valence-corrected chi connectivity index (χ4v) is 4.45. The lowest BCUT2D eigenvalue weighted by molar-refractivity contribution is -0.127. The maximum absolute atomic E-state index is 12.3. The summed E-state index contributed by atoms with van der Waals surface area (Å²) in [4.78, 5) is 21.7. The molecule has 2 N–H and O–H groups in total. The molecule has 1 amide bonds. The van der Waals surface area contributed by atoms with Crippen LogP contribution in [0.3, 0.4) is 0 Å². The van der Waals surface area contributed by atoms with Crippen molar-refractivity contribution in [3.8, 4) is 0 Å². The van der Waals surface area contributed by atoms with Gasteiger partial charge in [-0.15, -0.1) is 0 Å². The summed E-state index contributed by atoms with van der Waals surface area (Å²) in [5.41, 5.74) is 1.76. The van der Waals surface area contributed by atoms with Crippen molar-refractivity contribution in [1.82, 2.24) is 15.2 Å². The summed E-state index contributed by atoms with van der Waals surface area (Å²) in [6, 6.07) is 9.20. The van der Waals surface area contributed by atoms with E-state index in [0.29, 0.717) is 19.0 Å². The Morgan fingerprint density at radius 2 is 1.93 bits per heavy atom. The Hall–Kier alpha value is -2.12. The molecule has 2 saturated heterocycles. The van der Waals surface area contributed by atoms with E-state index in [2.05, 4.69) is 20.1 Å². The standard InChI is InChI=1S/C22H32N4O3/c1-2-18(27)15-23-21(28)16-7-11-25(12-8-16)17-9-13-26(14-10-17)22-24-19-5-3-4-6-20(19)29-22/h3-6,16-18,27H,2,7-15H2,1H3,(H,23,28)/t18-/m1/s1.